The fraction of sp³-hybridized carbons (Fsp3) is 0.421. The molecule has 0 unspecified atom stereocenters. The molecule has 8 heteroatoms. The minimum absolute atomic E-state index is 0.00268. The summed E-state index contributed by atoms with van der Waals surface area (Å²) in [5.41, 5.74) is 1.18. The third kappa shape index (κ3) is 4.05. The Labute approximate surface area is 156 Å². The van der Waals surface area contributed by atoms with Gasteiger partial charge in [0.2, 0.25) is 5.88 Å². The monoisotopic (exact) mass is 368 g/mol. The Bertz CT molecular complexity index is 835. The lowest BCUT2D eigenvalue weighted by atomic mass is 9.97. The molecule has 1 saturated heterocycles. The summed E-state index contributed by atoms with van der Waals surface area (Å²) in [4.78, 5) is 38.4. The van der Waals surface area contributed by atoms with E-state index in [1.165, 1.54) is 6.20 Å². The molecule has 0 saturated carbocycles. The molecule has 0 N–H and O–H groups in total. The molecule has 1 fully saturated rings. The molecule has 0 aromatic carbocycles. The van der Waals surface area contributed by atoms with Crippen molar-refractivity contribution in [2.45, 2.75) is 19.3 Å². The molecule has 0 spiro atoms. The highest BCUT2D eigenvalue weighted by Crippen LogP contribution is 2.24. The van der Waals surface area contributed by atoms with Crippen molar-refractivity contribution in [2.24, 2.45) is 5.92 Å². The smallest absolute Gasteiger partial charge is 0.316 e. The van der Waals surface area contributed by atoms with Gasteiger partial charge in [0, 0.05) is 43.7 Å². The number of rotatable bonds is 4. The van der Waals surface area contributed by atoms with E-state index in [1.54, 1.807) is 24.5 Å². The number of hydrogen-bond acceptors (Lipinski definition) is 7. The van der Waals surface area contributed by atoms with Crippen LogP contribution in [-0.4, -0.2) is 57.8 Å². The van der Waals surface area contributed by atoms with Crippen LogP contribution < -0.4 is 9.47 Å². The number of likely N-dealkylation sites (tertiary alicyclic amines) is 1. The Morgan fingerprint density at radius 1 is 1.22 bits per heavy atom. The summed E-state index contributed by atoms with van der Waals surface area (Å²) < 4.78 is 10.9. The van der Waals surface area contributed by atoms with Gasteiger partial charge >= 0.3 is 6.01 Å². The van der Waals surface area contributed by atoms with Crippen LogP contribution in [0.25, 0.3) is 0 Å². The fourth-order valence-corrected chi connectivity index (χ4v) is 3.32. The number of piperidine rings is 1. The molecule has 140 valence electrons. The van der Waals surface area contributed by atoms with Gasteiger partial charge in [0.25, 0.3) is 5.91 Å². The maximum absolute atomic E-state index is 12.8. The van der Waals surface area contributed by atoms with E-state index >= 15 is 0 Å². The molecular weight excluding hydrogens is 348 g/mol. The molecular formula is C19H20N4O4. The Morgan fingerprint density at radius 2 is 2.00 bits per heavy atom. The second-order valence-electron chi connectivity index (χ2n) is 6.77. The number of ketones is 1. The highest BCUT2D eigenvalue weighted by molar-refractivity contribution is 5.95. The molecule has 0 radical (unpaired) electrons. The van der Waals surface area contributed by atoms with Crippen molar-refractivity contribution in [3.8, 4) is 11.9 Å². The number of ether oxygens (including phenoxy) is 2. The molecule has 2 aromatic heterocycles. The van der Waals surface area contributed by atoms with Gasteiger partial charge in [0.05, 0.1) is 12.2 Å². The average Bonchev–Trinajstić information content (AvgIpc) is 2.72. The first-order chi connectivity index (χ1) is 13.2. The summed E-state index contributed by atoms with van der Waals surface area (Å²) in [7, 11) is 0. The molecule has 27 heavy (non-hydrogen) atoms. The van der Waals surface area contributed by atoms with E-state index in [0.29, 0.717) is 48.6 Å². The van der Waals surface area contributed by atoms with Crippen LogP contribution in [0, 0.1) is 5.92 Å². The normalized spacial score (nSPS) is 17.2. The lowest BCUT2D eigenvalue weighted by Gasteiger charge is -2.31. The molecule has 4 rings (SSSR count). The number of Topliss-reactive ketones (excluding diaryl/α,β-unsaturated/α-hetero) is 1. The minimum atomic E-state index is -0.0610. The summed E-state index contributed by atoms with van der Waals surface area (Å²) in [6, 6.07) is 3.85. The summed E-state index contributed by atoms with van der Waals surface area (Å²) in [5, 5.41) is 0. The molecule has 0 atom stereocenters. The lowest BCUT2D eigenvalue weighted by Crippen LogP contribution is -2.40. The standard InChI is InChI=1S/C19H20N4O4/c24-16-9-14-8-15(10-22-17(14)26-12-16)18(25)23-6-2-13(3-7-23)11-27-19-20-4-1-5-21-19/h1,4-5,8,10,13H,2-3,6-7,9,11-12H2. The molecule has 4 heterocycles. The predicted octanol–water partition coefficient (Wildman–Crippen LogP) is 1.31. The van der Waals surface area contributed by atoms with Crippen molar-refractivity contribution in [1.29, 1.82) is 0 Å². The van der Waals surface area contributed by atoms with Crippen LogP contribution in [0.2, 0.25) is 0 Å². The summed E-state index contributed by atoms with van der Waals surface area (Å²) >= 11 is 0. The third-order valence-electron chi connectivity index (χ3n) is 4.82. The van der Waals surface area contributed by atoms with Crippen LogP contribution in [0.3, 0.4) is 0 Å². The number of hydrogen-bond donors (Lipinski definition) is 0. The maximum Gasteiger partial charge on any atom is 0.316 e. The van der Waals surface area contributed by atoms with Crippen molar-refractivity contribution < 1.29 is 19.1 Å². The van der Waals surface area contributed by atoms with Gasteiger partial charge in [-0.15, -0.1) is 0 Å². The minimum Gasteiger partial charge on any atom is -0.469 e. The Balaban J connectivity index is 1.32. The van der Waals surface area contributed by atoms with E-state index < -0.39 is 0 Å². The van der Waals surface area contributed by atoms with Gasteiger partial charge < -0.3 is 14.4 Å². The SMILES string of the molecule is O=C1COc2ncc(C(=O)N3CCC(COc4ncccn4)CC3)cc2C1. The molecule has 8 nitrogen and oxygen atoms in total. The van der Waals surface area contributed by atoms with Crippen molar-refractivity contribution >= 4 is 11.7 Å². The second kappa shape index (κ2) is 7.69. The molecule has 0 bridgehead atoms. The maximum atomic E-state index is 12.8. The summed E-state index contributed by atoms with van der Waals surface area (Å²) in [6.07, 6.45) is 6.81. The zero-order valence-electron chi connectivity index (χ0n) is 14.8. The van der Waals surface area contributed by atoms with Crippen LogP contribution in [-0.2, 0) is 11.2 Å². The second-order valence-corrected chi connectivity index (χ2v) is 6.77. The van der Waals surface area contributed by atoms with Gasteiger partial charge in [-0.25, -0.2) is 15.0 Å². The third-order valence-corrected chi connectivity index (χ3v) is 4.82. The van der Waals surface area contributed by atoms with Gasteiger partial charge in [-0.2, -0.15) is 0 Å². The molecule has 2 aromatic rings. The van der Waals surface area contributed by atoms with E-state index in [2.05, 4.69) is 15.0 Å². The number of pyridine rings is 1. The van der Waals surface area contributed by atoms with Gasteiger partial charge in [-0.05, 0) is 30.9 Å². The van der Waals surface area contributed by atoms with Crippen LogP contribution in [0.5, 0.6) is 11.9 Å². The number of fused-ring (bicyclic) bond motifs is 1. The largest absolute Gasteiger partial charge is 0.469 e. The lowest BCUT2D eigenvalue weighted by molar-refractivity contribution is -0.121. The van der Waals surface area contributed by atoms with E-state index in [4.69, 9.17) is 9.47 Å². The van der Waals surface area contributed by atoms with E-state index in [9.17, 15) is 9.59 Å². The highest BCUT2D eigenvalue weighted by atomic mass is 16.5. The van der Waals surface area contributed by atoms with Crippen molar-refractivity contribution in [1.82, 2.24) is 19.9 Å². The van der Waals surface area contributed by atoms with E-state index in [0.717, 1.165) is 12.8 Å². The van der Waals surface area contributed by atoms with E-state index in [1.807, 2.05) is 4.90 Å². The van der Waals surface area contributed by atoms with Gasteiger partial charge in [-0.3, -0.25) is 9.59 Å². The molecule has 0 aliphatic carbocycles. The molecule has 2 aliphatic rings. The van der Waals surface area contributed by atoms with Gasteiger partial charge in [-0.1, -0.05) is 0 Å². The first-order valence-electron chi connectivity index (χ1n) is 9.01. The van der Waals surface area contributed by atoms with E-state index in [-0.39, 0.29) is 24.7 Å². The topological polar surface area (TPSA) is 94.5 Å². The van der Waals surface area contributed by atoms with Gasteiger partial charge in [0.1, 0.15) is 6.61 Å². The summed E-state index contributed by atoms with van der Waals surface area (Å²) in [5.74, 6) is 0.752. The number of carbonyl (C=O) groups excluding carboxylic acids is 2. The summed E-state index contributed by atoms with van der Waals surface area (Å²) in [6.45, 7) is 1.92. The highest BCUT2D eigenvalue weighted by Gasteiger charge is 2.26. The quantitative estimate of drug-likeness (QED) is 0.803. The first-order valence-corrected chi connectivity index (χ1v) is 9.01. The number of aromatic nitrogens is 3. The van der Waals surface area contributed by atoms with Crippen LogP contribution >= 0.6 is 0 Å². The van der Waals surface area contributed by atoms with Crippen LogP contribution in [0.1, 0.15) is 28.8 Å². The zero-order chi connectivity index (χ0) is 18.6. The average molecular weight is 368 g/mol. The Hall–Kier alpha value is -3.03. The number of carbonyl (C=O) groups is 2. The Morgan fingerprint density at radius 3 is 2.78 bits per heavy atom. The fourth-order valence-electron chi connectivity index (χ4n) is 3.32. The predicted molar refractivity (Wildman–Crippen MR) is 94.6 cm³/mol. The number of amides is 1. The van der Waals surface area contributed by atoms with Gasteiger partial charge in [0.15, 0.2) is 5.78 Å². The van der Waals surface area contributed by atoms with Crippen LogP contribution in [0.15, 0.2) is 30.7 Å². The van der Waals surface area contributed by atoms with Crippen LogP contribution in [0.4, 0.5) is 0 Å². The van der Waals surface area contributed by atoms with Crippen molar-refractivity contribution in [2.75, 3.05) is 26.3 Å². The molecule has 2 aliphatic heterocycles. The zero-order valence-corrected chi connectivity index (χ0v) is 14.8. The Kier molecular flexibility index (Phi) is 4.95. The van der Waals surface area contributed by atoms with Crippen molar-refractivity contribution in [3.05, 3.63) is 41.9 Å². The number of nitrogens with zero attached hydrogens (tertiary/aromatic N) is 4. The molecule has 1 amide bonds. The first kappa shape index (κ1) is 17.4. The van der Waals surface area contributed by atoms with Crippen molar-refractivity contribution in [3.63, 3.8) is 0 Å².